The molecular formula is C15H25ClN2O2. The first-order chi connectivity index (χ1) is 9.09. The summed E-state index contributed by atoms with van der Waals surface area (Å²) in [6, 6.07) is 8.01. The van der Waals surface area contributed by atoms with Crippen LogP contribution in [0.4, 0.5) is 0 Å². The lowest BCUT2D eigenvalue weighted by Crippen LogP contribution is -2.28. The molecule has 0 aliphatic heterocycles. The molecule has 0 saturated carbocycles. The van der Waals surface area contributed by atoms with Crippen LogP contribution in [0.5, 0.6) is 5.75 Å². The van der Waals surface area contributed by atoms with Crippen molar-refractivity contribution >= 4 is 18.3 Å². The predicted octanol–water partition coefficient (Wildman–Crippen LogP) is 2.43. The van der Waals surface area contributed by atoms with Gasteiger partial charge in [0, 0.05) is 19.0 Å². The third-order valence-electron chi connectivity index (χ3n) is 2.82. The highest BCUT2D eigenvalue weighted by molar-refractivity contribution is 5.85. The molecule has 114 valence electrons. The fraction of sp³-hybridized carbons (Fsp3) is 0.533. The van der Waals surface area contributed by atoms with Crippen molar-refractivity contribution in [3.63, 3.8) is 0 Å². The van der Waals surface area contributed by atoms with Gasteiger partial charge < -0.3 is 15.8 Å². The normalized spacial score (nSPS) is 11.3. The van der Waals surface area contributed by atoms with Crippen molar-refractivity contribution in [3.8, 4) is 5.75 Å². The fourth-order valence-electron chi connectivity index (χ4n) is 1.66. The van der Waals surface area contributed by atoms with E-state index in [-0.39, 0.29) is 24.4 Å². The van der Waals surface area contributed by atoms with Crippen LogP contribution in [-0.4, -0.2) is 25.1 Å². The standard InChI is InChI=1S/C15H24N2O2.ClH/c1-12-6-3-4-7-14(12)19-11-5-8-15(18)17-10-9-13(2)16;/h3-4,6-7,13H,5,8-11,16H2,1-2H3,(H,17,18);1H. The molecular weight excluding hydrogens is 276 g/mol. The van der Waals surface area contributed by atoms with Crippen LogP contribution in [0.1, 0.15) is 31.7 Å². The Morgan fingerprint density at radius 2 is 2.10 bits per heavy atom. The number of carbonyl (C=O) groups is 1. The summed E-state index contributed by atoms with van der Waals surface area (Å²) < 4.78 is 5.63. The Balaban J connectivity index is 0.00000361. The van der Waals surface area contributed by atoms with Crippen molar-refractivity contribution in [2.75, 3.05) is 13.2 Å². The second-order valence-corrected chi connectivity index (χ2v) is 4.83. The number of carbonyl (C=O) groups excluding carboxylic acids is 1. The Hall–Kier alpha value is -1.26. The lowest BCUT2D eigenvalue weighted by Gasteiger charge is -2.09. The molecule has 1 aromatic carbocycles. The SMILES string of the molecule is Cc1ccccc1OCCCC(=O)NCCC(C)N.Cl. The zero-order chi connectivity index (χ0) is 14.1. The number of amides is 1. The van der Waals surface area contributed by atoms with Gasteiger partial charge in [0.1, 0.15) is 5.75 Å². The van der Waals surface area contributed by atoms with Gasteiger partial charge in [0.15, 0.2) is 0 Å². The second kappa shape index (κ2) is 10.5. The number of halogens is 1. The average molecular weight is 301 g/mol. The molecule has 0 aliphatic carbocycles. The molecule has 0 radical (unpaired) electrons. The number of benzene rings is 1. The Kier molecular flexibility index (Phi) is 9.86. The van der Waals surface area contributed by atoms with Gasteiger partial charge in [-0.05, 0) is 38.3 Å². The first kappa shape index (κ1) is 18.7. The maximum atomic E-state index is 11.5. The highest BCUT2D eigenvalue weighted by Crippen LogP contribution is 2.16. The minimum absolute atomic E-state index is 0. The molecule has 0 bridgehead atoms. The smallest absolute Gasteiger partial charge is 0.220 e. The third-order valence-corrected chi connectivity index (χ3v) is 2.82. The molecule has 0 aliphatic rings. The predicted molar refractivity (Wildman–Crippen MR) is 84.4 cm³/mol. The van der Waals surface area contributed by atoms with E-state index in [0.29, 0.717) is 19.6 Å². The second-order valence-electron chi connectivity index (χ2n) is 4.83. The van der Waals surface area contributed by atoms with Crippen molar-refractivity contribution < 1.29 is 9.53 Å². The van der Waals surface area contributed by atoms with Crippen LogP contribution in [0, 0.1) is 6.92 Å². The van der Waals surface area contributed by atoms with Crippen LogP contribution in [-0.2, 0) is 4.79 Å². The Morgan fingerprint density at radius 1 is 1.40 bits per heavy atom. The van der Waals surface area contributed by atoms with E-state index < -0.39 is 0 Å². The maximum Gasteiger partial charge on any atom is 0.220 e. The molecule has 0 saturated heterocycles. The van der Waals surface area contributed by atoms with Crippen molar-refractivity contribution in [3.05, 3.63) is 29.8 Å². The van der Waals surface area contributed by atoms with Crippen molar-refractivity contribution in [2.45, 2.75) is 39.2 Å². The largest absolute Gasteiger partial charge is 0.493 e. The van der Waals surface area contributed by atoms with Crippen LogP contribution >= 0.6 is 12.4 Å². The molecule has 0 spiro atoms. The van der Waals surface area contributed by atoms with Gasteiger partial charge in [0.05, 0.1) is 6.61 Å². The van der Waals surface area contributed by atoms with Crippen LogP contribution in [0.25, 0.3) is 0 Å². The summed E-state index contributed by atoms with van der Waals surface area (Å²) in [5.74, 6) is 0.953. The average Bonchev–Trinajstić information content (AvgIpc) is 2.36. The van der Waals surface area contributed by atoms with E-state index >= 15 is 0 Å². The van der Waals surface area contributed by atoms with Gasteiger partial charge in [0.2, 0.25) is 5.91 Å². The molecule has 4 nitrogen and oxygen atoms in total. The molecule has 1 rings (SSSR count). The molecule has 0 fully saturated rings. The summed E-state index contributed by atoms with van der Waals surface area (Å²) >= 11 is 0. The number of hydrogen-bond donors (Lipinski definition) is 2. The highest BCUT2D eigenvalue weighted by atomic mass is 35.5. The zero-order valence-corrected chi connectivity index (χ0v) is 13.0. The summed E-state index contributed by atoms with van der Waals surface area (Å²) in [7, 11) is 0. The molecule has 5 heteroatoms. The molecule has 3 N–H and O–H groups in total. The van der Waals surface area contributed by atoms with Gasteiger partial charge in [-0.3, -0.25) is 4.79 Å². The Bertz CT molecular complexity index is 397. The Morgan fingerprint density at radius 3 is 2.75 bits per heavy atom. The zero-order valence-electron chi connectivity index (χ0n) is 12.2. The minimum Gasteiger partial charge on any atom is -0.493 e. The quantitative estimate of drug-likeness (QED) is 0.725. The molecule has 20 heavy (non-hydrogen) atoms. The molecule has 0 aromatic heterocycles. The molecule has 1 atom stereocenters. The number of para-hydroxylation sites is 1. The van der Waals surface area contributed by atoms with Gasteiger partial charge in [-0.25, -0.2) is 0 Å². The fourth-order valence-corrected chi connectivity index (χ4v) is 1.66. The van der Waals surface area contributed by atoms with E-state index in [9.17, 15) is 4.79 Å². The van der Waals surface area contributed by atoms with Gasteiger partial charge in [-0.15, -0.1) is 12.4 Å². The van der Waals surface area contributed by atoms with Crippen LogP contribution in [0.2, 0.25) is 0 Å². The van der Waals surface area contributed by atoms with E-state index in [4.69, 9.17) is 10.5 Å². The molecule has 1 aromatic rings. The number of aryl methyl sites for hydroxylation is 1. The molecule has 1 amide bonds. The van der Waals surface area contributed by atoms with Crippen LogP contribution < -0.4 is 15.8 Å². The maximum absolute atomic E-state index is 11.5. The highest BCUT2D eigenvalue weighted by Gasteiger charge is 2.02. The van der Waals surface area contributed by atoms with Gasteiger partial charge in [0.25, 0.3) is 0 Å². The third kappa shape index (κ3) is 8.02. The van der Waals surface area contributed by atoms with Crippen molar-refractivity contribution in [2.24, 2.45) is 5.73 Å². The van der Waals surface area contributed by atoms with E-state index in [1.165, 1.54) is 0 Å². The van der Waals surface area contributed by atoms with E-state index in [0.717, 1.165) is 24.2 Å². The molecule has 1 unspecified atom stereocenters. The number of rotatable bonds is 8. The lowest BCUT2D eigenvalue weighted by molar-refractivity contribution is -0.121. The lowest BCUT2D eigenvalue weighted by atomic mass is 10.2. The van der Waals surface area contributed by atoms with E-state index in [1.807, 2.05) is 38.1 Å². The summed E-state index contributed by atoms with van der Waals surface area (Å²) in [4.78, 5) is 11.5. The van der Waals surface area contributed by atoms with Crippen molar-refractivity contribution in [1.82, 2.24) is 5.32 Å². The monoisotopic (exact) mass is 300 g/mol. The number of ether oxygens (including phenoxy) is 1. The summed E-state index contributed by atoms with van der Waals surface area (Å²) in [6.45, 7) is 5.15. The van der Waals surface area contributed by atoms with Crippen LogP contribution in [0.15, 0.2) is 24.3 Å². The number of nitrogens with two attached hydrogens (primary N) is 1. The Labute approximate surface area is 127 Å². The summed E-state index contributed by atoms with van der Waals surface area (Å²) in [5, 5.41) is 2.85. The topological polar surface area (TPSA) is 64.3 Å². The number of hydrogen-bond acceptors (Lipinski definition) is 3. The first-order valence-corrected chi connectivity index (χ1v) is 6.80. The summed E-state index contributed by atoms with van der Waals surface area (Å²) in [5.41, 5.74) is 6.72. The van der Waals surface area contributed by atoms with Crippen LogP contribution in [0.3, 0.4) is 0 Å². The summed E-state index contributed by atoms with van der Waals surface area (Å²) in [6.07, 6.45) is 2.02. The first-order valence-electron chi connectivity index (χ1n) is 6.80. The number of nitrogens with one attached hydrogen (secondary N) is 1. The van der Waals surface area contributed by atoms with Crippen molar-refractivity contribution in [1.29, 1.82) is 0 Å². The van der Waals surface area contributed by atoms with Gasteiger partial charge in [-0.2, -0.15) is 0 Å². The molecule has 0 heterocycles. The van der Waals surface area contributed by atoms with Gasteiger partial charge >= 0.3 is 0 Å². The van der Waals surface area contributed by atoms with Gasteiger partial charge in [-0.1, -0.05) is 18.2 Å². The van der Waals surface area contributed by atoms with E-state index in [2.05, 4.69) is 5.32 Å². The van der Waals surface area contributed by atoms with E-state index in [1.54, 1.807) is 0 Å². The minimum atomic E-state index is 0.